The summed E-state index contributed by atoms with van der Waals surface area (Å²) in [6, 6.07) is 1.52. The number of nitrogens with zero attached hydrogens (tertiary/aromatic N) is 3. The van der Waals surface area contributed by atoms with Gasteiger partial charge < -0.3 is 9.88 Å². The average molecular weight is 224 g/mol. The first-order valence-corrected chi connectivity index (χ1v) is 6.46. The molecule has 1 aromatic heterocycles. The molecule has 3 heterocycles. The Morgan fingerprint density at radius 3 is 2.73 bits per heavy atom. The minimum Gasteiger partial charge on any atom is -0.312 e. The monoisotopic (exact) mass is 224 g/mol. The molecule has 3 rings (SSSR count). The lowest BCUT2D eigenvalue weighted by atomic mass is 10.1. The Balaban J connectivity index is 1.67. The molecule has 0 spiro atoms. The summed E-state index contributed by atoms with van der Waals surface area (Å²) in [5, 5.41) is 13.5. The molecule has 0 aromatic carbocycles. The van der Waals surface area contributed by atoms with E-state index >= 15 is 0 Å². The van der Waals surface area contributed by atoms with E-state index in [2.05, 4.69) is 15.5 Å². The van der Waals surface area contributed by atoms with Gasteiger partial charge in [0.25, 0.3) is 0 Å². The first-order valence-electron chi connectivity index (χ1n) is 5.58. The summed E-state index contributed by atoms with van der Waals surface area (Å²) >= 11 is 1.89. The molecule has 1 N–H and O–H groups in total. The Morgan fingerprint density at radius 2 is 2.13 bits per heavy atom. The summed E-state index contributed by atoms with van der Waals surface area (Å²) in [5.41, 5.74) is 0. The summed E-state index contributed by atoms with van der Waals surface area (Å²) in [7, 11) is 2.01. The van der Waals surface area contributed by atoms with E-state index in [4.69, 9.17) is 0 Å². The molecule has 2 fully saturated rings. The highest BCUT2D eigenvalue weighted by atomic mass is 32.2. The van der Waals surface area contributed by atoms with E-state index in [1.165, 1.54) is 25.7 Å². The zero-order valence-corrected chi connectivity index (χ0v) is 9.70. The molecule has 2 saturated heterocycles. The number of aryl methyl sites for hydroxylation is 1. The van der Waals surface area contributed by atoms with E-state index in [1.807, 2.05) is 23.4 Å². The van der Waals surface area contributed by atoms with E-state index in [0.29, 0.717) is 0 Å². The molecule has 0 radical (unpaired) electrons. The maximum Gasteiger partial charge on any atom is 0.191 e. The van der Waals surface area contributed by atoms with Gasteiger partial charge in [0.1, 0.15) is 6.33 Å². The van der Waals surface area contributed by atoms with Crippen LogP contribution in [0.4, 0.5) is 0 Å². The third kappa shape index (κ3) is 1.90. The predicted molar refractivity (Wildman–Crippen MR) is 59.8 cm³/mol. The van der Waals surface area contributed by atoms with E-state index in [9.17, 15) is 0 Å². The lowest BCUT2D eigenvalue weighted by Gasteiger charge is -2.28. The van der Waals surface area contributed by atoms with Crippen molar-refractivity contribution in [2.24, 2.45) is 7.05 Å². The van der Waals surface area contributed by atoms with Gasteiger partial charge in [-0.2, -0.15) is 0 Å². The molecular weight excluding hydrogens is 208 g/mol. The quantitative estimate of drug-likeness (QED) is 0.819. The largest absolute Gasteiger partial charge is 0.312 e. The summed E-state index contributed by atoms with van der Waals surface area (Å²) in [6.07, 6.45) is 7.07. The fourth-order valence-electron chi connectivity index (χ4n) is 2.63. The van der Waals surface area contributed by atoms with Crippen LogP contribution in [0.5, 0.6) is 0 Å². The fourth-order valence-corrected chi connectivity index (χ4v) is 3.89. The summed E-state index contributed by atoms with van der Waals surface area (Å²) < 4.78 is 2.01. The number of hydrogen-bond acceptors (Lipinski definition) is 4. The van der Waals surface area contributed by atoms with Gasteiger partial charge in [0, 0.05) is 24.4 Å². The van der Waals surface area contributed by atoms with Gasteiger partial charge >= 0.3 is 0 Å². The molecule has 0 unspecified atom stereocenters. The van der Waals surface area contributed by atoms with E-state index in [-0.39, 0.29) is 0 Å². The highest BCUT2D eigenvalue weighted by Gasteiger charge is 2.34. The maximum absolute atomic E-state index is 4.14. The van der Waals surface area contributed by atoms with Crippen LogP contribution in [-0.2, 0) is 7.05 Å². The number of fused-ring (bicyclic) bond motifs is 2. The van der Waals surface area contributed by atoms with Crippen molar-refractivity contribution in [3.63, 3.8) is 0 Å². The highest BCUT2D eigenvalue weighted by molar-refractivity contribution is 7.99. The van der Waals surface area contributed by atoms with Crippen LogP contribution in [0.15, 0.2) is 11.5 Å². The first kappa shape index (κ1) is 9.66. The van der Waals surface area contributed by atoms with Crippen LogP contribution >= 0.6 is 11.8 Å². The van der Waals surface area contributed by atoms with Crippen molar-refractivity contribution in [1.29, 1.82) is 0 Å². The van der Waals surface area contributed by atoms with Crippen LogP contribution in [0.2, 0.25) is 0 Å². The third-order valence-electron chi connectivity index (χ3n) is 3.37. The Labute approximate surface area is 93.8 Å². The second kappa shape index (κ2) is 3.79. The molecule has 15 heavy (non-hydrogen) atoms. The molecule has 0 aliphatic carbocycles. The topological polar surface area (TPSA) is 42.7 Å². The van der Waals surface area contributed by atoms with Crippen LogP contribution in [0.25, 0.3) is 0 Å². The van der Waals surface area contributed by atoms with Crippen LogP contribution in [-0.4, -0.2) is 32.1 Å². The minimum atomic E-state index is 0.728. The van der Waals surface area contributed by atoms with E-state index < -0.39 is 0 Å². The zero-order valence-electron chi connectivity index (χ0n) is 8.89. The smallest absolute Gasteiger partial charge is 0.191 e. The van der Waals surface area contributed by atoms with Gasteiger partial charge in [-0.15, -0.1) is 10.2 Å². The lowest BCUT2D eigenvalue weighted by molar-refractivity contribution is 0.414. The van der Waals surface area contributed by atoms with Crippen molar-refractivity contribution in [2.45, 2.75) is 48.2 Å². The molecule has 1 aromatic rings. The second-order valence-electron chi connectivity index (χ2n) is 4.57. The van der Waals surface area contributed by atoms with Gasteiger partial charge in [-0.1, -0.05) is 11.8 Å². The molecule has 82 valence electrons. The lowest BCUT2D eigenvalue weighted by Crippen LogP contribution is -2.39. The predicted octanol–water partition coefficient (Wildman–Crippen LogP) is 1.19. The highest BCUT2D eigenvalue weighted by Crippen LogP contribution is 2.35. The molecule has 0 amide bonds. The molecule has 2 bridgehead atoms. The van der Waals surface area contributed by atoms with Gasteiger partial charge in [-0.25, -0.2) is 0 Å². The van der Waals surface area contributed by atoms with Crippen LogP contribution in [0, 0.1) is 0 Å². The van der Waals surface area contributed by atoms with Crippen molar-refractivity contribution in [3.8, 4) is 0 Å². The van der Waals surface area contributed by atoms with E-state index in [1.54, 1.807) is 6.33 Å². The average Bonchev–Trinajstić information content (AvgIpc) is 2.75. The fraction of sp³-hybridized carbons (Fsp3) is 0.800. The number of aromatic nitrogens is 3. The maximum atomic E-state index is 4.14. The standard InChI is InChI=1S/C10H16N4S/c1-14-6-11-13-10(14)15-9-4-7-2-3-8(5-9)12-7/h6-9,12H,2-5H2,1H3/t7-,8-/m1/s1. The van der Waals surface area contributed by atoms with Gasteiger partial charge in [0.15, 0.2) is 5.16 Å². The number of piperidine rings is 1. The minimum absolute atomic E-state index is 0.728. The van der Waals surface area contributed by atoms with Gasteiger partial charge in [0.05, 0.1) is 0 Å². The molecule has 0 saturated carbocycles. The van der Waals surface area contributed by atoms with Crippen LogP contribution in [0.3, 0.4) is 0 Å². The molecular formula is C10H16N4S. The normalized spacial score (nSPS) is 34.6. The molecule has 2 aliphatic rings. The van der Waals surface area contributed by atoms with Crippen LogP contribution < -0.4 is 5.32 Å². The Kier molecular flexibility index (Phi) is 2.44. The summed E-state index contributed by atoms with van der Waals surface area (Å²) in [4.78, 5) is 0. The Bertz CT molecular complexity index is 339. The number of rotatable bonds is 2. The van der Waals surface area contributed by atoms with Crippen molar-refractivity contribution < 1.29 is 0 Å². The first-order chi connectivity index (χ1) is 7.31. The van der Waals surface area contributed by atoms with Crippen molar-refractivity contribution >= 4 is 11.8 Å². The number of nitrogens with one attached hydrogen (secondary N) is 1. The molecule has 4 nitrogen and oxygen atoms in total. The Hall–Kier alpha value is -0.550. The third-order valence-corrected chi connectivity index (χ3v) is 4.67. The van der Waals surface area contributed by atoms with E-state index in [0.717, 1.165) is 22.5 Å². The van der Waals surface area contributed by atoms with Gasteiger partial charge in [0.2, 0.25) is 0 Å². The summed E-state index contributed by atoms with van der Waals surface area (Å²) in [6.45, 7) is 0. The Morgan fingerprint density at radius 1 is 1.40 bits per heavy atom. The molecule has 2 atom stereocenters. The van der Waals surface area contributed by atoms with Crippen molar-refractivity contribution in [3.05, 3.63) is 6.33 Å². The number of thioether (sulfide) groups is 1. The summed E-state index contributed by atoms with van der Waals surface area (Å²) in [5.74, 6) is 0. The zero-order chi connectivity index (χ0) is 10.3. The van der Waals surface area contributed by atoms with Crippen molar-refractivity contribution in [1.82, 2.24) is 20.1 Å². The van der Waals surface area contributed by atoms with Crippen molar-refractivity contribution in [2.75, 3.05) is 0 Å². The molecule has 2 aliphatic heterocycles. The van der Waals surface area contributed by atoms with Gasteiger partial charge in [-0.3, -0.25) is 0 Å². The second-order valence-corrected chi connectivity index (χ2v) is 5.84. The SMILES string of the molecule is Cn1cnnc1SC1C[C@H]2CC[C@H](C1)N2. The van der Waals surface area contributed by atoms with Crippen LogP contribution in [0.1, 0.15) is 25.7 Å². The number of hydrogen-bond donors (Lipinski definition) is 1. The molecule has 5 heteroatoms. The van der Waals surface area contributed by atoms with Gasteiger partial charge in [-0.05, 0) is 25.7 Å².